The Hall–Kier alpha value is -3.63. The van der Waals surface area contributed by atoms with Crippen molar-refractivity contribution in [3.63, 3.8) is 0 Å². The molecule has 2 aliphatic rings. The Morgan fingerprint density at radius 2 is 1.69 bits per heavy atom. The predicted octanol–water partition coefficient (Wildman–Crippen LogP) is 5.61. The maximum Gasteiger partial charge on any atom is 0.319 e. The number of hydrogen-bond acceptors (Lipinski definition) is 5. The summed E-state index contributed by atoms with van der Waals surface area (Å²) in [5, 5.41) is 13.8. The van der Waals surface area contributed by atoms with E-state index in [2.05, 4.69) is 39.6 Å². The third-order valence-corrected chi connectivity index (χ3v) is 11.4. The van der Waals surface area contributed by atoms with E-state index in [-0.39, 0.29) is 22.7 Å². The Kier molecular flexibility index (Phi) is 9.47. The van der Waals surface area contributed by atoms with Gasteiger partial charge in [0, 0.05) is 18.2 Å². The quantitative estimate of drug-likeness (QED) is 0.294. The van der Waals surface area contributed by atoms with Crippen molar-refractivity contribution in [2.75, 3.05) is 37.8 Å². The number of fused-ring (bicyclic) bond motifs is 1. The monoisotopic (exact) mass is 593 g/mol. The Morgan fingerprint density at radius 3 is 2.19 bits per heavy atom. The molecule has 10 heteroatoms. The van der Waals surface area contributed by atoms with Crippen molar-refractivity contribution in [2.24, 2.45) is 0 Å². The number of benzene rings is 2. The van der Waals surface area contributed by atoms with Crippen LogP contribution in [0.3, 0.4) is 0 Å². The minimum atomic E-state index is -1.07. The number of urea groups is 1. The molecule has 0 radical (unpaired) electrons. The molecule has 1 aliphatic heterocycles. The number of amides is 3. The number of hydrogen-bond donors (Lipinski definition) is 3. The minimum absolute atomic E-state index is 0.0560. The fourth-order valence-corrected chi connectivity index (χ4v) is 7.73. The standard InChI is InChI=1S/C25H37N5O3S.C7H6O/c1-24(2)20-18(21(29-28-20)27-22(31)25(13-10-14-25)34(4,5)6)15-30(24)23(32)26-19(16-33-3)17-11-8-7-9-12-17;8-6-7-4-2-1-3-5-7/h7-9,11-12,19H,10,13-16H2,1-6H3,(H,26,32)(H2,27,28,29,31);1-6H. The summed E-state index contributed by atoms with van der Waals surface area (Å²) in [6.45, 7) is 4.71. The summed E-state index contributed by atoms with van der Waals surface area (Å²) < 4.78 is 5.07. The van der Waals surface area contributed by atoms with Crippen molar-refractivity contribution in [3.05, 3.63) is 83.0 Å². The summed E-state index contributed by atoms with van der Waals surface area (Å²) in [4.78, 5) is 38.6. The first-order valence-electron chi connectivity index (χ1n) is 14.1. The zero-order valence-electron chi connectivity index (χ0n) is 25.4. The van der Waals surface area contributed by atoms with E-state index in [1.54, 1.807) is 24.1 Å². The van der Waals surface area contributed by atoms with Crippen molar-refractivity contribution >= 4 is 34.1 Å². The van der Waals surface area contributed by atoms with Gasteiger partial charge in [-0.25, -0.2) is 14.8 Å². The van der Waals surface area contributed by atoms with Crippen LogP contribution < -0.4 is 10.6 Å². The van der Waals surface area contributed by atoms with E-state index in [1.807, 2.05) is 62.4 Å². The van der Waals surface area contributed by atoms with Gasteiger partial charge in [0.25, 0.3) is 0 Å². The summed E-state index contributed by atoms with van der Waals surface area (Å²) in [5.74, 6) is 0.593. The van der Waals surface area contributed by atoms with E-state index in [9.17, 15) is 14.4 Å². The van der Waals surface area contributed by atoms with Crippen LogP contribution in [-0.2, 0) is 21.6 Å². The highest BCUT2D eigenvalue weighted by Crippen LogP contribution is 2.60. The molecule has 2 aromatic carbocycles. The normalized spacial score (nSPS) is 17.5. The molecular weight excluding hydrogens is 550 g/mol. The van der Waals surface area contributed by atoms with E-state index in [0.717, 1.165) is 47.9 Å². The van der Waals surface area contributed by atoms with Gasteiger partial charge in [0.1, 0.15) is 6.29 Å². The third-order valence-electron chi connectivity index (χ3n) is 8.46. The molecule has 0 saturated heterocycles. The van der Waals surface area contributed by atoms with Crippen LogP contribution in [0.25, 0.3) is 0 Å². The van der Waals surface area contributed by atoms with Crippen molar-refractivity contribution in [2.45, 2.75) is 56.0 Å². The van der Waals surface area contributed by atoms with Crippen LogP contribution in [0.1, 0.15) is 66.3 Å². The van der Waals surface area contributed by atoms with Crippen molar-refractivity contribution in [3.8, 4) is 0 Å². The zero-order valence-corrected chi connectivity index (χ0v) is 26.2. The van der Waals surface area contributed by atoms with Gasteiger partial charge in [0.15, 0.2) is 5.82 Å². The lowest BCUT2D eigenvalue weighted by atomic mass is 9.83. The average Bonchev–Trinajstić information content (AvgIpc) is 3.45. The van der Waals surface area contributed by atoms with E-state index in [4.69, 9.17) is 4.74 Å². The molecule has 226 valence electrons. The molecule has 42 heavy (non-hydrogen) atoms. The molecule has 5 rings (SSSR count). The molecular formula is C32H43N5O4S. The summed E-state index contributed by atoms with van der Waals surface area (Å²) >= 11 is 0. The molecule has 2 heterocycles. The highest BCUT2D eigenvalue weighted by molar-refractivity contribution is 8.33. The SMILES string of the molecule is COCC(NC(=O)N1Cc2c(NC(=O)C3(S(C)(C)C)CCC3)n[nH]c2C1(C)C)c1ccccc1.O=Cc1ccccc1. The fraction of sp³-hybridized carbons (Fsp3) is 0.438. The third kappa shape index (κ3) is 6.24. The van der Waals surface area contributed by atoms with Gasteiger partial charge in [0.2, 0.25) is 5.91 Å². The number of ether oxygens (including phenoxy) is 1. The van der Waals surface area contributed by atoms with Gasteiger partial charge in [-0.2, -0.15) is 5.10 Å². The summed E-state index contributed by atoms with van der Waals surface area (Å²) in [6.07, 6.45) is 10.4. The molecule has 3 aromatic rings. The molecule has 3 N–H and O–H groups in total. The second-order valence-corrected chi connectivity index (χ2v) is 16.6. The van der Waals surface area contributed by atoms with E-state index < -0.39 is 15.6 Å². The van der Waals surface area contributed by atoms with Crippen LogP contribution in [0.2, 0.25) is 0 Å². The predicted molar refractivity (Wildman–Crippen MR) is 169 cm³/mol. The van der Waals surface area contributed by atoms with Gasteiger partial charge >= 0.3 is 6.03 Å². The van der Waals surface area contributed by atoms with Gasteiger partial charge in [-0.3, -0.25) is 14.7 Å². The Balaban J connectivity index is 0.000000437. The van der Waals surface area contributed by atoms with E-state index in [1.165, 1.54) is 0 Å². The Bertz CT molecular complexity index is 1380. The van der Waals surface area contributed by atoms with Gasteiger partial charge in [-0.1, -0.05) is 60.7 Å². The molecule has 0 bridgehead atoms. The molecule has 9 nitrogen and oxygen atoms in total. The topological polar surface area (TPSA) is 116 Å². The highest BCUT2D eigenvalue weighted by atomic mass is 32.3. The van der Waals surface area contributed by atoms with Gasteiger partial charge in [-0.05, 0) is 57.4 Å². The van der Waals surface area contributed by atoms with Crippen molar-refractivity contribution in [1.82, 2.24) is 20.4 Å². The van der Waals surface area contributed by atoms with Gasteiger partial charge in [-0.15, -0.1) is 0 Å². The first-order chi connectivity index (χ1) is 19.9. The van der Waals surface area contributed by atoms with E-state index in [0.29, 0.717) is 19.0 Å². The van der Waals surface area contributed by atoms with Crippen LogP contribution in [0, 0.1) is 0 Å². The second-order valence-electron chi connectivity index (χ2n) is 12.1. The number of carbonyl (C=O) groups excluding carboxylic acids is 3. The number of nitrogens with zero attached hydrogens (tertiary/aromatic N) is 2. The number of methoxy groups -OCH3 is 1. The van der Waals surface area contributed by atoms with Crippen LogP contribution in [0.5, 0.6) is 0 Å². The van der Waals surface area contributed by atoms with Crippen LogP contribution in [-0.4, -0.2) is 70.6 Å². The number of nitrogens with one attached hydrogen (secondary N) is 3. The van der Waals surface area contributed by atoms with Gasteiger partial charge in [0.05, 0.1) is 35.2 Å². The number of carbonyl (C=O) groups is 3. The second kappa shape index (κ2) is 12.7. The number of aromatic nitrogens is 2. The van der Waals surface area contributed by atoms with Crippen LogP contribution in [0.15, 0.2) is 60.7 Å². The molecule has 1 aliphatic carbocycles. The largest absolute Gasteiger partial charge is 0.382 e. The molecule has 1 unspecified atom stereocenters. The first kappa shape index (κ1) is 31.3. The smallest absolute Gasteiger partial charge is 0.319 e. The molecule has 0 spiro atoms. The summed E-state index contributed by atoms with van der Waals surface area (Å²) in [5.41, 5.74) is 2.83. The minimum Gasteiger partial charge on any atom is -0.382 e. The average molecular weight is 594 g/mol. The lowest BCUT2D eigenvalue weighted by Gasteiger charge is -2.53. The van der Waals surface area contributed by atoms with Crippen molar-refractivity contribution in [1.29, 1.82) is 0 Å². The molecule has 1 atom stereocenters. The van der Waals surface area contributed by atoms with E-state index >= 15 is 0 Å². The maximum absolute atomic E-state index is 13.4. The lowest BCUT2D eigenvalue weighted by Crippen LogP contribution is -2.51. The van der Waals surface area contributed by atoms with Crippen LogP contribution in [0.4, 0.5) is 10.6 Å². The molecule has 1 saturated carbocycles. The fourth-order valence-electron chi connectivity index (χ4n) is 5.61. The molecule has 1 aromatic heterocycles. The van der Waals surface area contributed by atoms with Crippen LogP contribution >= 0.6 is 10.0 Å². The first-order valence-corrected chi connectivity index (χ1v) is 17.0. The van der Waals surface area contributed by atoms with Gasteiger partial charge < -0.3 is 20.3 Å². The number of H-pyrrole nitrogens is 1. The highest BCUT2D eigenvalue weighted by Gasteiger charge is 2.51. The molecule has 3 amide bonds. The number of aldehydes is 1. The number of aromatic amines is 1. The zero-order chi connectivity index (χ0) is 30.5. The van der Waals surface area contributed by atoms with Crippen molar-refractivity contribution < 1.29 is 19.1 Å². The maximum atomic E-state index is 13.4. The lowest BCUT2D eigenvalue weighted by molar-refractivity contribution is -0.120. The Labute approximate surface area is 250 Å². The summed E-state index contributed by atoms with van der Waals surface area (Å²) in [7, 11) is 0.553. The summed E-state index contributed by atoms with van der Waals surface area (Å²) in [6, 6.07) is 18.4. The molecule has 1 fully saturated rings. The number of anilines is 1. The number of rotatable bonds is 8. The Morgan fingerprint density at radius 1 is 1.07 bits per heavy atom.